The van der Waals surface area contributed by atoms with Crippen LogP contribution in [0.4, 0.5) is 4.39 Å². The smallest absolute Gasteiger partial charge is 0.130 e. The number of methoxy groups -OCH3 is 1. The van der Waals surface area contributed by atoms with Gasteiger partial charge in [-0.2, -0.15) is 0 Å². The molecule has 17 heavy (non-hydrogen) atoms. The van der Waals surface area contributed by atoms with Gasteiger partial charge < -0.3 is 10.5 Å². The van der Waals surface area contributed by atoms with E-state index >= 15 is 0 Å². The van der Waals surface area contributed by atoms with E-state index in [1.165, 1.54) is 7.11 Å². The molecule has 1 atom stereocenters. The lowest BCUT2D eigenvalue weighted by Gasteiger charge is -2.21. The normalized spacial score (nSPS) is 19.1. The average Bonchev–Trinajstić information content (AvgIpc) is 3.04. The number of nitrogens with two attached hydrogens (primary N) is 1. The molecule has 2 rings (SSSR count). The highest BCUT2D eigenvalue weighted by molar-refractivity contribution is 6.31. The fraction of sp³-hybridized carbons (Fsp3) is 0.538. The first kappa shape index (κ1) is 12.8. The minimum atomic E-state index is -0.304. The van der Waals surface area contributed by atoms with Crippen LogP contribution < -0.4 is 5.73 Å². The molecule has 1 aromatic carbocycles. The molecule has 1 unspecified atom stereocenters. The van der Waals surface area contributed by atoms with E-state index in [2.05, 4.69) is 0 Å². The fourth-order valence-corrected chi connectivity index (χ4v) is 2.58. The SMILES string of the molecule is COCc1c(F)cc(C2(C(C)N)CC2)cc1Cl. The lowest BCUT2D eigenvalue weighted by Crippen LogP contribution is -2.31. The molecule has 0 radical (unpaired) electrons. The number of hydrogen-bond acceptors (Lipinski definition) is 2. The van der Waals surface area contributed by atoms with Gasteiger partial charge in [-0.3, -0.25) is 0 Å². The van der Waals surface area contributed by atoms with Crippen molar-refractivity contribution in [3.63, 3.8) is 0 Å². The Labute approximate surface area is 106 Å². The zero-order chi connectivity index (χ0) is 12.6. The van der Waals surface area contributed by atoms with Crippen LogP contribution in [-0.2, 0) is 16.8 Å². The van der Waals surface area contributed by atoms with Gasteiger partial charge in [-0.05, 0) is 37.5 Å². The van der Waals surface area contributed by atoms with Crippen LogP contribution in [-0.4, -0.2) is 13.2 Å². The Hall–Kier alpha value is -0.640. The van der Waals surface area contributed by atoms with Crippen molar-refractivity contribution in [1.29, 1.82) is 0 Å². The molecule has 1 aromatic rings. The van der Waals surface area contributed by atoms with Gasteiger partial charge in [-0.1, -0.05) is 11.6 Å². The molecule has 0 spiro atoms. The van der Waals surface area contributed by atoms with Crippen molar-refractivity contribution in [2.45, 2.75) is 37.8 Å². The van der Waals surface area contributed by atoms with Gasteiger partial charge in [-0.15, -0.1) is 0 Å². The van der Waals surface area contributed by atoms with E-state index in [4.69, 9.17) is 22.1 Å². The summed E-state index contributed by atoms with van der Waals surface area (Å²) in [5, 5.41) is 0.425. The Morgan fingerprint density at radius 2 is 2.18 bits per heavy atom. The summed E-state index contributed by atoms with van der Waals surface area (Å²) in [5.41, 5.74) is 7.23. The largest absolute Gasteiger partial charge is 0.380 e. The molecular weight excluding hydrogens is 241 g/mol. The Morgan fingerprint density at radius 3 is 2.59 bits per heavy atom. The fourth-order valence-electron chi connectivity index (χ4n) is 2.31. The van der Waals surface area contributed by atoms with Crippen molar-refractivity contribution in [3.8, 4) is 0 Å². The molecule has 2 nitrogen and oxygen atoms in total. The molecule has 4 heteroatoms. The maximum Gasteiger partial charge on any atom is 0.130 e. The molecular formula is C13H17ClFNO. The highest BCUT2D eigenvalue weighted by Crippen LogP contribution is 2.51. The standard InChI is InChI=1S/C13H17ClFNO/c1-8(16)13(3-4-13)9-5-11(14)10(7-17-2)12(15)6-9/h5-6,8H,3-4,7,16H2,1-2H3. The Morgan fingerprint density at radius 1 is 1.53 bits per heavy atom. The minimum Gasteiger partial charge on any atom is -0.380 e. The Kier molecular flexibility index (Phi) is 3.43. The van der Waals surface area contributed by atoms with Crippen LogP contribution in [0.3, 0.4) is 0 Å². The first-order valence-electron chi connectivity index (χ1n) is 5.74. The summed E-state index contributed by atoms with van der Waals surface area (Å²) < 4.78 is 18.8. The van der Waals surface area contributed by atoms with Gasteiger partial charge in [0.25, 0.3) is 0 Å². The van der Waals surface area contributed by atoms with Crippen molar-refractivity contribution < 1.29 is 9.13 Å². The summed E-state index contributed by atoms with van der Waals surface area (Å²) in [6.07, 6.45) is 2.01. The summed E-state index contributed by atoms with van der Waals surface area (Å²) in [4.78, 5) is 0. The van der Waals surface area contributed by atoms with Crippen LogP contribution in [0.5, 0.6) is 0 Å². The van der Waals surface area contributed by atoms with E-state index in [-0.39, 0.29) is 23.9 Å². The highest BCUT2D eigenvalue weighted by Gasteiger charge is 2.47. The predicted molar refractivity (Wildman–Crippen MR) is 66.7 cm³/mol. The topological polar surface area (TPSA) is 35.2 Å². The quantitative estimate of drug-likeness (QED) is 0.900. The van der Waals surface area contributed by atoms with Crippen molar-refractivity contribution in [2.24, 2.45) is 5.73 Å². The minimum absolute atomic E-state index is 0.0197. The molecule has 1 aliphatic carbocycles. The lowest BCUT2D eigenvalue weighted by atomic mass is 9.89. The number of halogens is 2. The lowest BCUT2D eigenvalue weighted by molar-refractivity contribution is 0.181. The van der Waals surface area contributed by atoms with Crippen LogP contribution in [0.15, 0.2) is 12.1 Å². The van der Waals surface area contributed by atoms with E-state index in [1.54, 1.807) is 6.07 Å². The Balaban J connectivity index is 2.39. The number of rotatable bonds is 4. The molecule has 1 aliphatic rings. The first-order chi connectivity index (χ1) is 8.01. The van der Waals surface area contributed by atoms with Gasteiger partial charge in [0.1, 0.15) is 5.82 Å². The van der Waals surface area contributed by atoms with E-state index in [1.807, 2.05) is 13.0 Å². The van der Waals surface area contributed by atoms with E-state index in [0.29, 0.717) is 10.6 Å². The molecule has 1 saturated carbocycles. The second kappa shape index (κ2) is 4.56. The molecule has 0 bridgehead atoms. The number of ether oxygens (including phenoxy) is 1. The summed E-state index contributed by atoms with van der Waals surface area (Å²) in [6, 6.07) is 3.40. The molecule has 94 valence electrons. The monoisotopic (exact) mass is 257 g/mol. The average molecular weight is 258 g/mol. The van der Waals surface area contributed by atoms with Gasteiger partial charge in [0.15, 0.2) is 0 Å². The third-order valence-electron chi connectivity index (χ3n) is 3.66. The summed E-state index contributed by atoms with van der Waals surface area (Å²) in [7, 11) is 1.52. The Bertz CT molecular complexity index is 406. The van der Waals surface area contributed by atoms with Crippen LogP contribution in [0.25, 0.3) is 0 Å². The van der Waals surface area contributed by atoms with Crippen LogP contribution >= 0.6 is 11.6 Å². The van der Waals surface area contributed by atoms with Crippen LogP contribution in [0.2, 0.25) is 5.02 Å². The number of benzene rings is 1. The molecule has 0 heterocycles. The van der Waals surface area contributed by atoms with Gasteiger partial charge in [0.05, 0.1) is 6.61 Å². The predicted octanol–water partition coefficient (Wildman–Crippen LogP) is 3.00. The van der Waals surface area contributed by atoms with Gasteiger partial charge in [0.2, 0.25) is 0 Å². The van der Waals surface area contributed by atoms with E-state index < -0.39 is 0 Å². The van der Waals surface area contributed by atoms with Crippen molar-refractivity contribution in [2.75, 3.05) is 7.11 Å². The van der Waals surface area contributed by atoms with Crippen molar-refractivity contribution in [1.82, 2.24) is 0 Å². The summed E-state index contributed by atoms with van der Waals surface area (Å²) in [6.45, 7) is 2.15. The van der Waals surface area contributed by atoms with E-state index in [0.717, 1.165) is 18.4 Å². The van der Waals surface area contributed by atoms with E-state index in [9.17, 15) is 4.39 Å². The molecule has 0 aliphatic heterocycles. The van der Waals surface area contributed by atoms with Crippen molar-refractivity contribution >= 4 is 11.6 Å². The molecule has 1 fully saturated rings. The highest BCUT2D eigenvalue weighted by atomic mass is 35.5. The third-order valence-corrected chi connectivity index (χ3v) is 4.00. The molecule has 0 aromatic heterocycles. The van der Waals surface area contributed by atoms with Crippen molar-refractivity contribution in [3.05, 3.63) is 34.1 Å². The second-order valence-corrected chi connectivity index (χ2v) is 5.20. The number of hydrogen-bond donors (Lipinski definition) is 1. The van der Waals surface area contributed by atoms with Crippen LogP contribution in [0, 0.1) is 5.82 Å². The maximum atomic E-state index is 13.9. The van der Waals surface area contributed by atoms with Gasteiger partial charge >= 0.3 is 0 Å². The van der Waals surface area contributed by atoms with Gasteiger partial charge in [0, 0.05) is 29.2 Å². The third kappa shape index (κ3) is 2.19. The summed E-state index contributed by atoms with van der Waals surface area (Å²) >= 11 is 6.09. The maximum absolute atomic E-state index is 13.9. The summed E-state index contributed by atoms with van der Waals surface area (Å²) in [5.74, 6) is -0.304. The van der Waals surface area contributed by atoms with Crippen LogP contribution in [0.1, 0.15) is 30.9 Å². The molecule has 2 N–H and O–H groups in total. The van der Waals surface area contributed by atoms with Gasteiger partial charge in [-0.25, -0.2) is 4.39 Å². The first-order valence-corrected chi connectivity index (χ1v) is 6.12. The second-order valence-electron chi connectivity index (χ2n) is 4.80. The molecule has 0 saturated heterocycles. The zero-order valence-corrected chi connectivity index (χ0v) is 10.9. The zero-order valence-electron chi connectivity index (χ0n) is 10.1. The molecule has 0 amide bonds.